The Hall–Kier alpha value is -2.79. The highest BCUT2D eigenvalue weighted by atomic mass is 19.4. The van der Waals surface area contributed by atoms with Crippen molar-refractivity contribution in [3.8, 4) is 11.8 Å². The smallest absolute Gasteiger partial charge is 0.416 e. The van der Waals surface area contributed by atoms with Crippen LogP contribution in [0.2, 0.25) is 0 Å². The first kappa shape index (κ1) is 21.3. The summed E-state index contributed by atoms with van der Waals surface area (Å²) in [5.74, 6) is 2.22. The number of ether oxygens (including phenoxy) is 1. The first-order valence-corrected chi connectivity index (χ1v) is 7.40. The standard InChI is InChI=1S/C18H18F3NO4/c1-12(13-7-5-8-14(11-13)18(19,20)21)22-25-10-6-9-15(23)16(24)26-17(2,3)4/h5,7-8,11,22H,1,10H2,2-4H3. The van der Waals surface area contributed by atoms with Crippen molar-refractivity contribution in [2.24, 2.45) is 0 Å². The van der Waals surface area contributed by atoms with E-state index in [9.17, 15) is 22.8 Å². The number of hydrogen-bond acceptors (Lipinski definition) is 5. The molecular formula is C18H18F3NO4. The van der Waals surface area contributed by atoms with Gasteiger partial charge in [0.2, 0.25) is 0 Å². The van der Waals surface area contributed by atoms with Crippen molar-refractivity contribution < 1.29 is 32.3 Å². The van der Waals surface area contributed by atoms with E-state index in [0.717, 1.165) is 12.1 Å². The fourth-order valence-electron chi connectivity index (χ4n) is 1.59. The molecule has 0 aliphatic rings. The molecule has 0 atom stereocenters. The molecule has 0 aromatic heterocycles. The van der Waals surface area contributed by atoms with Gasteiger partial charge in [-0.3, -0.25) is 15.1 Å². The molecule has 8 heteroatoms. The number of hydroxylamine groups is 1. The van der Waals surface area contributed by atoms with Gasteiger partial charge in [0.05, 0.1) is 11.3 Å². The molecule has 0 spiro atoms. The number of alkyl halides is 3. The molecule has 1 N–H and O–H groups in total. The number of nitrogens with one attached hydrogen (secondary N) is 1. The van der Waals surface area contributed by atoms with E-state index in [4.69, 9.17) is 9.57 Å². The first-order valence-electron chi connectivity index (χ1n) is 7.40. The van der Waals surface area contributed by atoms with Gasteiger partial charge in [-0.2, -0.15) is 13.2 Å². The van der Waals surface area contributed by atoms with Gasteiger partial charge in [0.15, 0.2) is 0 Å². The summed E-state index contributed by atoms with van der Waals surface area (Å²) in [5.41, 5.74) is 0.956. The summed E-state index contributed by atoms with van der Waals surface area (Å²) in [5, 5.41) is 0. The number of carbonyl (C=O) groups excluding carboxylic acids is 2. The highest BCUT2D eigenvalue weighted by Gasteiger charge is 2.30. The molecule has 5 nitrogen and oxygen atoms in total. The minimum absolute atomic E-state index is 0.0800. The van der Waals surface area contributed by atoms with E-state index in [0.29, 0.717) is 0 Å². The number of Topliss-reactive ketones (excluding diaryl/α,β-unsaturated/α-hetero) is 1. The topological polar surface area (TPSA) is 64.6 Å². The second kappa shape index (κ2) is 8.54. The lowest BCUT2D eigenvalue weighted by atomic mass is 10.1. The Labute approximate surface area is 149 Å². The monoisotopic (exact) mass is 369 g/mol. The van der Waals surface area contributed by atoms with Gasteiger partial charge >= 0.3 is 17.9 Å². The van der Waals surface area contributed by atoms with Crippen molar-refractivity contribution in [2.45, 2.75) is 32.5 Å². The molecule has 0 saturated heterocycles. The van der Waals surface area contributed by atoms with Gasteiger partial charge < -0.3 is 4.74 Å². The van der Waals surface area contributed by atoms with Gasteiger partial charge in [0.1, 0.15) is 12.2 Å². The second-order valence-electron chi connectivity index (χ2n) is 6.08. The van der Waals surface area contributed by atoms with Gasteiger partial charge in [-0.1, -0.05) is 24.6 Å². The quantitative estimate of drug-likeness (QED) is 0.216. The molecule has 0 heterocycles. The Kier molecular flexibility index (Phi) is 6.98. The van der Waals surface area contributed by atoms with Crippen LogP contribution in [-0.2, 0) is 25.3 Å². The summed E-state index contributed by atoms with van der Waals surface area (Å²) in [7, 11) is 0. The summed E-state index contributed by atoms with van der Waals surface area (Å²) in [6, 6.07) is 4.51. The molecule has 1 rings (SSSR count). The van der Waals surface area contributed by atoms with Crippen LogP contribution >= 0.6 is 0 Å². The van der Waals surface area contributed by atoms with Crippen LogP contribution in [0.25, 0.3) is 5.70 Å². The number of benzene rings is 1. The molecule has 0 fully saturated rings. The van der Waals surface area contributed by atoms with E-state index < -0.39 is 29.1 Å². The van der Waals surface area contributed by atoms with Gasteiger partial charge in [-0.15, -0.1) is 0 Å². The van der Waals surface area contributed by atoms with Crippen LogP contribution in [0.3, 0.4) is 0 Å². The van der Waals surface area contributed by atoms with E-state index in [-0.39, 0.29) is 17.9 Å². The largest absolute Gasteiger partial charge is 0.453 e. The van der Waals surface area contributed by atoms with Crippen LogP contribution < -0.4 is 5.48 Å². The first-order chi connectivity index (χ1) is 11.9. The van der Waals surface area contributed by atoms with E-state index >= 15 is 0 Å². The molecule has 0 unspecified atom stereocenters. The zero-order valence-electron chi connectivity index (χ0n) is 14.5. The maximum atomic E-state index is 12.7. The number of ketones is 1. The van der Waals surface area contributed by atoms with Gasteiger partial charge in [0.25, 0.3) is 0 Å². The molecule has 0 radical (unpaired) electrons. The van der Waals surface area contributed by atoms with E-state index in [1.54, 1.807) is 20.8 Å². The van der Waals surface area contributed by atoms with Crippen molar-refractivity contribution in [3.63, 3.8) is 0 Å². The molecule has 1 aromatic rings. The fraction of sp³-hybridized carbons (Fsp3) is 0.333. The molecule has 1 aromatic carbocycles. The minimum atomic E-state index is -4.47. The van der Waals surface area contributed by atoms with Crippen LogP contribution in [-0.4, -0.2) is 24.0 Å². The third-order valence-electron chi connectivity index (χ3n) is 2.66. The summed E-state index contributed by atoms with van der Waals surface area (Å²) < 4.78 is 42.8. The van der Waals surface area contributed by atoms with Gasteiger partial charge in [0, 0.05) is 0 Å². The van der Waals surface area contributed by atoms with Crippen molar-refractivity contribution in [2.75, 3.05) is 6.61 Å². The third kappa shape index (κ3) is 7.40. The fourth-order valence-corrected chi connectivity index (χ4v) is 1.59. The van der Waals surface area contributed by atoms with E-state index in [1.807, 2.05) is 5.92 Å². The average molecular weight is 369 g/mol. The summed E-state index contributed by atoms with van der Waals surface area (Å²) in [4.78, 5) is 27.7. The molecule has 140 valence electrons. The van der Waals surface area contributed by atoms with Crippen LogP contribution in [0.5, 0.6) is 0 Å². The Balaban J connectivity index is 2.51. The van der Waals surface area contributed by atoms with E-state index in [2.05, 4.69) is 18.0 Å². The van der Waals surface area contributed by atoms with Crippen LogP contribution in [0.4, 0.5) is 13.2 Å². The zero-order valence-corrected chi connectivity index (χ0v) is 14.5. The van der Waals surface area contributed by atoms with Crippen LogP contribution in [0, 0.1) is 11.8 Å². The molecular weight excluding hydrogens is 351 g/mol. The normalized spacial score (nSPS) is 11.2. The molecule has 0 bridgehead atoms. The molecule has 0 aliphatic carbocycles. The van der Waals surface area contributed by atoms with Gasteiger partial charge in [-0.25, -0.2) is 4.79 Å². The third-order valence-corrected chi connectivity index (χ3v) is 2.66. The van der Waals surface area contributed by atoms with Gasteiger partial charge in [-0.05, 0) is 44.4 Å². The Bertz CT molecular complexity index is 752. The lowest BCUT2D eigenvalue weighted by molar-refractivity contribution is -0.160. The van der Waals surface area contributed by atoms with E-state index in [1.165, 1.54) is 12.1 Å². The lowest BCUT2D eigenvalue weighted by Crippen LogP contribution is -2.28. The SMILES string of the molecule is C=C(NOCC#CC(=O)C(=O)OC(C)(C)C)c1cccc(C(F)(F)F)c1. The molecule has 0 aliphatic heterocycles. The number of carbonyl (C=O) groups is 2. The van der Waals surface area contributed by atoms with Crippen molar-refractivity contribution >= 4 is 17.4 Å². The summed E-state index contributed by atoms with van der Waals surface area (Å²) in [6.45, 7) is 8.09. The van der Waals surface area contributed by atoms with Crippen molar-refractivity contribution in [3.05, 3.63) is 42.0 Å². The highest BCUT2D eigenvalue weighted by molar-refractivity contribution is 6.40. The summed E-state index contributed by atoms with van der Waals surface area (Å²) in [6.07, 6.45) is -4.47. The van der Waals surface area contributed by atoms with Crippen molar-refractivity contribution in [1.82, 2.24) is 5.48 Å². The molecule has 0 amide bonds. The molecule has 0 saturated carbocycles. The maximum absolute atomic E-state index is 12.7. The van der Waals surface area contributed by atoms with Crippen molar-refractivity contribution in [1.29, 1.82) is 0 Å². The number of hydrogen-bond donors (Lipinski definition) is 1. The van der Waals surface area contributed by atoms with Crippen LogP contribution in [0.1, 0.15) is 31.9 Å². The molecule has 26 heavy (non-hydrogen) atoms. The highest BCUT2D eigenvalue weighted by Crippen LogP contribution is 2.30. The predicted molar refractivity (Wildman–Crippen MR) is 88.2 cm³/mol. The van der Waals surface area contributed by atoms with Crippen LogP contribution in [0.15, 0.2) is 30.8 Å². The number of halogens is 3. The predicted octanol–water partition coefficient (Wildman–Crippen LogP) is 3.11. The second-order valence-corrected chi connectivity index (χ2v) is 6.08. The number of esters is 1. The number of rotatable bonds is 5. The minimum Gasteiger partial charge on any atom is -0.453 e. The Morgan fingerprint density at radius 3 is 2.46 bits per heavy atom. The Morgan fingerprint density at radius 1 is 1.23 bits per heavy atom. The average Bonchev–Trinajstić information content (AvgIpc) is 2.51. The lowest BCUT2D eigenvalue weighted by Gasteiger charge is -2.17. The zero-order chi connectivity index (χ0) is 20.0. The maximum Gasteiger partial charge on any atom is 0.416 e. The summed E-state index contributed by atoms with van der Waals surface area (Å²) >= 11 is 0. The Morgan fingerprint density at radius 2 is 1.88 bits per heavy atom.